The molecule has 0 aromatic heterocycles. The number of ether oxygens (including phenoxy) is 1. The van der Waals surface area contributed by atoms with Crippen LogP contribution in [0.25, 0.3) is 0 Å². The van der Waals surface area contributed by atoms with Crippen molar-refractivity contribution in [1.29, 1.82) is 0 Å². The lowest BCUT2D eigenvalue weighted by molar-refractivity contribution is 0.286. The van der Waals surface area contributed by atoms with Gasteiger partial charge in [0.1, 0.15) is 5.75 Å². The Morgan fingerprint density at radius 1 is 0.818 bits per heavy atom. The van der Waals surface area contributed by atoms with Crippen molar-refractivity contribution in [2.45, 2.75) is 25.7 Å². The van der Waals surface area contributed by atoms with Crippen molar-refractivity contribution in [1.82, 2.24) is 4.90 Å². The topological polar surface area (TPSA) is 12.5 Å². The van der Waals surface area contributed by atoms with Gasteiger partial charge in [0.15, 0.2) is 0 Å². The molecule has 0 amide bonds. The molecule has 128 valence electrons. The number of halogens is 4. The molecule has 0 heterocycles. The van der Waals surface area contributed by atoms with Crippen LogP contribution in [0.3, 0.4) is 0 Å². The summed E-state index contributed by atoms with van der Waals surface area (Å²) in [5.74, 6) is 2.23. The second-order valence-corrected chi connectivity index (χ2v) is 6.13. The average Bonchev–Trinajstić information content (AvgIpc) is 2.48. The number of benzene rings is 1. The lowest BCUT2D eigenvalue weighted by atomic mass is 10.2. The molecule has 0 unspecified atom stereocenters. The van der Waals surface area contributed by atoms with Crippen LogP contribution in [0.2, 0.25) is 5.02 Å². The zero-order valence-electron chi connectivity index (χ0n) is 12.8. The molecule has 0 aliphatic carbocycles. The number of rotatable bonds is 12. The molecule has 0 N–H and O–H groups in total. The summed E-state index contributed by atoms with van der Waals surface area (Å²) in [6.45, 7) is 3.69. The SMILES string of the molecule is Cl.ClCCN(CCCl)CCCCCCOc1ccc(Cl)cc1. The highest BCUT2D eigenvalue weighted by Gasteiger charge is 2.02. The van der Waals surface area contributed by atoms with E-state index >= 15 is 0 Å². The monoisotopic (exact) mass is 387 g/mol. The highest BCUT2D eigenvalue weighted by molar-refractivity contribution is 6.30. The molecule has 0 bridgehead atoms. The summed E-state index contributed by atoms with van der Waals surface area (Å²) in [6.07, 6.45) is 4.66. The Morgan fingerprint density at radius 2 is 1.41 bits per heavy atom. The van der Waals surface area contributed by atoms with Crippen molar-refractivity contribution in [3.63, 3.8) is 0 Å². The second-order valence-electron chi connectivity index (χ2n) is 4.94. The van der Waals surface area contributed by atoms with E-state index < -0.39 is 0 Å². The number of unbranched alkanes of at least 4 members (excludes halogenated alkanes) is 3. The molecule has 1 rings (SSSR count). The molecule has 0 atom stereocenters. The molecular formula is C16H25Cl4NO. The van der Waals surface area contributed by atoms with Crippen LogP contribution in [-0.4, -0.2) is 42.9 Å². The molecule has 2 nitrogen and oxygen atoms in total. The summed E-state index contributed by atoms with van der Waals surface area (Å²) in [7, 11) is 0. The van der Waals surface area contributed by atoms with Gasteiger partial charge in [-0.25, -0.2) is 0 Å². The van der Waals surface area contributed by atoms with Crippen molar-refractivity contribution in [3.8, 4) is 5.75 Å². The van der Waals surface area contributed by atoms with E-state index in [0.29, 0.717) is 11.8 Å². The van der Waals surface area contributed by atoms with E-state index in [9.17, 15) is 0 Å². The first-order chi connectivity index (χ1) is 10.3. The van der Waals surface area contributed by atoms with Gasteiger partial charge in [0.05, 0.1) is 6.61 Å². The maximum absolute atomic E-state index is 5.82. The molecule has 0 radical (unpaired) electrons. The minimum atomic E-state index is 0. The predicted octanol–water partition coefficient (Wildman–Crippen LogP) is 5.48. The van der Waals surface area contributed by atoms with Crippen LogP contribution in [0.1, 0.15) is 25.7 Å². The molecule has 0 saturated carbocycles. The lowest BCUT2D eigenvalue weighted by Crippen LogP contribution is -2.28. The third-order valence-corrected chi connectivity index (χ3v) is 3.84. The van der Waals surface area contributed by atoms with Gasteiger partial charge in [0, 0.05) is 29.9 Å². The van der Waals surface area contributed by atoms with Gasteiger partial charge in [-0.05, 0) is 43.7 Å². The van der Waals surface area contributed by atoms with Crippen molar-refractivity contribution in [3.05, 3.63) is 29.3 Å². The fraction of sp³-hybridized carbons (Fsp3) is 0.625. The molecular weight excluding hydrogens is 364 g/mol. The number of nitrogens with zero attached hydrogens (tertiary/aromatic N) is 1. The Kier molecular flexibility index (Phi) is 14.8. The van der Waals surface area contributed by atoms with Gasteiger partial charge in [0.25, 0.3) is 0 Å². The molecule has 0 aliphatic rings. The Labute approximate surface area is 155 Å². The van der Waals surface area contributed by atoms with Crippen LogP contribution in [0.4, 0.5) is 0 Å². The fourth-order valence-electron chi connectivity index (χ4n) is 2.09. The predicted molar refractivity (Wildman–Crippen MR) is 101 cm³/mol. The highest BCUT2D eigenvalue weighted by atomic mass is 35.5. The van der Waals surface area contributed by atoms with E-state index in [1.165, 1.54) is 19.3 Å². The molecule has 0 aliphatic heterocycles. The van der Waals surface area contributed by atoms with Crippen LogP contribution in [-0.2, 0) is 0 Å². The Hall–Kier alpha value is 0.140. The quantitative estimate of drug-likeness (QED) is 0.347. The zero-order chi connectivity index (χ0) is 15.3. The molecule has 22 heavy (non-hydrogen) atoms. The summed E-state index contributed by atoms with van der Waals surface area (Å²) in [5, 5.41) is 0.737. The highest BCUT2D eigenvalue weighted by Crippen LogP contribution is 2.16. The number of hydrogen-bond acceptors (Lipinski definition) is 2. The van der Waals surface area contributed by atoms with Crippen molar-refractivity contribution in [2.75, 3.05) is 38.0 Å². The maximum atomic E-state index is 5.82. The fourth-order valence-corrected chi connectivity index (χ4v) is 2.69. The van der Waals surface area contributed by atoms with Crippen LogP contribution in [0.5, 0.6) is 5.75 Å². The first-order valence-corrected chi connectivity index (χ1v) is 8.93. The zero-order valence-corrected chi connectivity index (χ0v) is 15.9. The second kappa shape index (κ2) is 14.7. The van der Waals surface area contributed by atoms with E-state index in [-0.39, 0.29) is 12.4 Å². The van der Waals surface area contributed by atoms with Crippen molar-refractivity contribution >= 4 is 47.2 Å². The van der Waals surface area contributed by atoms with Crippen LogP contribution in [0, 0.1) is 0 Å². The molecule has 1 aromatic rings. The average molecular weight is 389 g/mol. The van der Waals surface area contributed by atoms with Gasteiger partial charge in [-0.2, -0.15) is 0 Å². The number of hydrogen-bond donors (Lipinski definition) is 0. The standard InChI is InChI=1S/C16H24Cl3NO.ClH/c17-9-12-20(13-10-18)11-3-1-2-4-14-21-16-7-5-15(19)6-8-16;/h5-8H,1-4,9-14H2;1H. The van der Waals surface area contributed by atoms with Crippen molar-refractivity contribution < 1.29 is 4.74 Å². The van der Waals surface area contributed by atoms with Gasteiger partial charge >= 0.3 is 0 Å². The van der Waals surface area contributed by atoms with Gasteiger partial charge in [-0.15, -0.1) is 35.6 Å². The van der Waals surface area contributed by atoms with Gasteiger partial charge in [-0.1, -0.05) is 24.4 Å². The maximum Gasteiger partial charge on any atom is 0.119 e. The summed E-state index contributed by atoms with van der Waals surface area (Å²) in [5.41, 5.74) is 0. The minimum absolute atomic E-state index is 0. The molecule has 0 saturated heterocycles. The molecule has 6 heteroatoms. The smallest absolute Gasteiger partial charge is 0.119 e. The molecule has 0 spiro atoms. The summed E-state index contributed by atoms with van der Waals surface area (Å²) in [6, 6.07) is 7.50. The molecule has 0 fully saturated rings. The third-order valence-electron chi connectivity index (χ3n) is 3.25. The van der Waals surface area contributed by atoms with Crippen LogP contribution >= 0.6 is 47.2 Å². The Morgan fingerprint density at radius 3 is 2.00 bits per heavy atom. The minimum Gasteiger partial charge on any atom is -0.494 e. The largest absolute Gasteiger partial charge is 0.494 e. The summed E-state index contributed by atoms with van der Waals surface area (Å²) >= 11 is 17.4. The van der Waals surface area contributed by atoms with E-state index in [4.69, 9.17) is 39.5 Å². The number of alkyl halides is 2. The van der Waals surface area contributed by atoms with E-state index in [0.717, 1.165) is 43.4 Å². The summed E-state index contributed by atoms with van der Waals surface area (Å²) < 4.78 is 5.66. The van der Waals surface area contributed by atoms with Crippen molar-refractivity contribution in [2.24, 2.45) is 0 Å². The Balaban J connectivity index is 0.00000441. The normalized spacial score (nSPS) is 10.5. The lowest BCUT2D eigenvalue weighted by Gasteiger charge is -2.19. The third kappa shape index (κ3) is 10.8. The van der Waals surface area contributed by atoms with E-state index in [2.05, 4.69) is 4.90 Å². The summed E-state index contributed by atoms with van der Waals surface area (Å²) in [4.78, 5) is 2.32. The van der Waals surface area contributed by atoms with Gasteiger partial charge < -0.3 is 9.64 Å². The molecule has 1 aromatic carbocycles. The Bertz CT molecular complexity index is 356. The van der Waals surface area contributed by atoms with Crippen LogP contribution < -0.4 is 4.74 Å². The van der Waals surface area contributed by atoms with E-state index in [1.54, 1.807) is 0 Å². The first-order valence-electron chi connectivity index (χ1n) is 7.49. The van der Waals surface area contributed by atoms with E-state index in [1.807, 2.05) is 24.3 Å². The van der Waals surface area contributed by atoms with Crippen LogP contribution in [0.15, 0.2) is 24.3 Å². The van der Waals surface area contributed by atoms with Gasteiger partial charge in [0.2, 0.25) is 0 Å². The first kappa shape index (κ1) is 22.1. The van der Waals surface area contributed by atoms with Gasteiger partial charge in [-0.3, -0.25) is 0 Å².